The fourth-order valence-corrected chi connectivity index (χ4v) is 5.51. The van der Waals surface area contributed by atoms with E-state index < -0.39 is 11.9 Å². The van der Waals surface area contributed by atoms with Crippen LogP contribution in [0.5, 0.6) is 28.7 Å². The van der Waals surface area contributed by atoms with Crippen molar-refractivity contribution in [2.45, 2.75) is 19.4 Å². The first-order chi connectivity index (χ1) is 21.2. The first-order valence-corrected chi connectivity index (χ1v) is 14.5. The van der Waals surface area contributed by atoms with Crippen LogP contribution in [0, 0.1) is 11.3 Å². The number of carbonyl (C=O) groups is 1. The van der Waals surface area contributed by atoms with Gasteiger partial charge >= 0.3 is 5.97 Å². The van der Waals surface area contributed by atoms with Crippen molar-refractivity contribution in [3.8, 4) is 34.8 Å². The molecule has 8 nitrogen and oxygen atoms in total. The van der Waals surface area contributed by atoms with Crippen molar-refractivity contribution in [3.05, 3.63) is 122 Å². The maximum Gasteiger partial charge on any atom is 0.343 e. The van der Waals surface area contributed by atoms with Gasteiger partial charge in [-0.05, 0) is 48.9 Å². The van der Waals surface area contributed by atoms with Gasteiger partial charge in [0, 0.05) is 22.2 Å². The molecule has 1 aliphatic heterocycles. The van der Waals surface area contributed by atoms with Crippen molar-refractivity contribution in [2.75, 3.05) is 13.7 Å². The van der Waals surface area contributed by atoms with E-state index in [0.29, 0.717) is 40.0 Å². The molecular formula is C33H25Cl3N2O6. The number of esters is 1. The molecule has 4 aromatic rings. The van der Waals surface area contributed by atoms with Crippen molar-refractivity contribution in [2.24, 2.45) is 5.73 Å². The maximum absolute atomic E-state index is 12.9. The molecule has 0 fully saturated rings. The number of hydrogen-bond donors (Lipinski definition) is 1. The summed E-state index contributed by atoms with van der Waals surface area (Å²) in [6, 6.07) is 22.6. The van der Waals surface area contributed by atoms with Gasteiger partial charge in [-0.1, -0.05) is 65.1 Å². The molecule has 0 aliphatic carbocycles. The molecule has 5 rings (SSSR count). The topological polar surface area (TPSA) is 113 Å². The van der Waals surface area contributed by atoms with E-state index in [1.54, 1.807) is 37.3 Å². The minimum Gasteiger partial charge on any atom is -0.493 e. The summed E-state index contributed by atoms with van der Waals surface area (Å²) in [5.74, 6) is 0.378. The second kappa shape index (κ2) is 13.4. The Balaban J connectivity index is 1.42. The number of allylic oxidation sites excluding steroid dienone is 1. The Bertz CT molecular complexity index is 1790. The van der Waals surface area contributed by atoms with Crippen molar-refractivity contribution in [1.82, 2.24) is 0 Å². The molecule has 44 heavy (non-hydrogen) atoms. The number of benzene rings is 4. The number of nitriles is 1. The third-order valence-corrected chi connectivity index (χ3v) is 7.72. The van der Waals surface area contributed by atoms with Crippen molar-refractivity contribution in [3.63, 3.8) is 0 Å². The first kappa shape index (κ1) is 30.9. The smallest absolute Gasteiger partial charge is 0.343 e. The second-order valence-corrected chi connectivity index (χ2v) is 10.7. The van der Waals surface area contributed by atoms with E-state index in [-0.39, 0.29) is 45.2 Å². The summed E-state index contributed by atoms with van der Waals surface area (Å²) < 4.78 is 28.4. The summed E-state index contributed by atoms with van der Waals surface area (Å²) >= 11 is 18.8. The van der Waals surface area contributed by atoms with Crippen LogP contribution in [-0.4, -0.2) is 19.7 Å². The normalized spacial score (nSPS) is 13.8. The summed E-state index contributed by atoms with van der Waals surface area (Å²) in [5.41, 5.74) is 8.71. The molecule has 2 N–H and O–H groups in total. The van der Waals surface area contributed by atoms with Crippen LogP contribution in [0.1, 0.15) is 39.9 Å². The fourth-order valence-electron chi connectivity index (χ4n) is 4.72. The lowest BCUT2D eigenvalue weighted by molar-refractivity contribution is 0.0734. The Morgan fingerprint density at radius 2 is 1.70 bits per heavy atom. The summed E-state index contributed by atoms with van der Waals surface area (Å²) in [6.07, 6.45) is 0. The zero-order valence-corrected chi connectivity index (χ0v) is 25.8. The van der Waals surface area contributed by atoms with Crippen LogP contribution in [0.25, 0.3) is 0 Å². The number of ether oxygens (including phenoxy) is 5. The molecule has 0 spiro atoms. The van der Waals surface area contributed by atoms with Gasteiger partial charge in [0.1, 0.15) is 29.7 Å². The molecule has 1 unspecified atom stereocenters. The van der Waals surface area contributed by atoms with E-state index in [1.807, 2.05) is 24.3 Å². The zero-order valence-electron chi connectivity index (χ0n) is 23.5. The van der Waals surface area contributed by atoms with Crippen molar-refractivity contribution < 1.29 is 28.5 Å². The van der Waals surface area contributed by atoms with E-state index in [1.165, 1.54) is 25.3 Å². The Labute approximate surface area is 269 Å². The number of halogens is 3. The number of rotatable bonds is 9. The van der Waals surface area contributed by atoms with E-state index >= 15 is 0 Å². The highest BCUT2D eigenvalue weighted by Gasteiger charge is 2.32. The molecule has 0 saturated carbocycles. The van der Waals surface area contributed by atoms with Crippen LogP contribution in [0.4, 0.5) is 0 Å². The summed E-state index contributed by atoms with van der Waals surface area (Å²) in [4.78, 5) is 12.9. The highest BCUT2D eigenvalue weighted by atomic mass is 35.5. The Kier molecular flexibility index (Phi) is 9.40. The molecule has 1 heterocycles. The summed E-state index contributed by atoms with van der Waals surface area (Å²) in [7, 11) is 1.53. The van der Waals surface area contributed by atoms with Crippen molar-refractivity contribution in [1.29, 1.82) is 5.26 Å². The minimum atomic E-state index is -0.692. The molecule has 0 bridgehead atoms. The fraction of sp³-hybridized carbons (Fsp3) is 0.152. The van der Waals surface area contributed by atoms with Crippen LogP contribution >= 0.6 is 34.8 Å². The van der Waals surface area contributed by atoms with Crippen LogP contribution in [-0.2, 0) is 6.61 Å². The maximum atomic E-state index is 12.9. The SMILES string of the molecule is CCOc1c(Cl)cc(C(=O)Oc2ccc3c(c2)OC(N)=C(C#N)C3c2ccc(OCc3ccccc3Cl)c(OC)c2)cc1Cl. The van der Waals surface area contributed by atoms with E-state index in [4.69, 9.17) is 64.2 Å². The summed E-state index contributed by atoms with van der Waals surface area (Å²) in [5, 5.41) is 11.0. The lowest BCUT2D eigenvalue weighted by atomic mass is 9.83. The molecule has 0 aromatic heterocycles. The largest absolute Gasteiger partial charge is 0.493 e. The second-order valence-electron chi connectivity index (χ2n) is 9.51. The van der Waals surface area contributed by atoms with Crippen molar-refractivity contribution >= 4 is 40.8 Å². The van der Waals surface area contributed by atoms with Crippen LogP contribution in [0.15, 0.2) is 84.3 Å². The monoisotopic (exact) mass is 650 g/mol. The van der Waals surface area contributed by atoms with Gasteiger partial charge in [0.15, 0.2) is 17.2 Å². The number of fused-ring (bicyclic) bond motifs is 1. The standard InChI is InChI=1S/C33H25Cl3N2O6/c1-3-41-31-25(35)12-20(13-26(31)36)33(39)43-21-9-10-22-28(15-21)44-32(38)23(16-37)30(22)18-8-11-27(29(14-18)40-2)42-17-19-6-4-5-7-24(19)34/h4-15,30H,3,17,38H2,1-2H3. The average Bonchev–Trinajstić information content (AvgIpc) is 3.01. The van der Waals surface area contributed by atoms with Gasteiger partial charge in [0.05, 0.1) is 35.2 Å². The number of nitrogens with two attached hydrogens (primary N) is 1. The van der Waals surface area contributed by atoms with Crippen LogP contribution in [0.3, 0.4) is 0 Å². The van der Waals surface area contributed by atoms with Gasteiger partial charge in [-0.3, -0.25) is 0 Å². The first-order valence-electron chi connectivity index (χ1n) is 13.3. The van der Waals surface area contributed by atoms with Gasteiger partial charge in [0.2, 0.25) is 5.88 Å². The quantitative estimate of drug-likeness (QED) is 0.143. The van der Waals surface area contributed by atoms with Crippen LogP contribution < -0.4 is 29.4 Å². The molecule has 11 heteroatoms. The minimum absolute atomic E-state index is 0.0726. The molecule has 0 saturated heterocycles. The zero-order chi connectivity index (χ0) is 31.4. The molecule has 1 atom stereocenters. The predicted molar refractivity (Wildman–Crippen MR) is 167 cm³/mol. The number of methoxy groups -OCH3 is 1. The predicted octanol–water partition coefficient (Wildman–Crippen LogP) is 8.07. The lowest BCUT2D eigenvalue weighted by Gasteiger charge is -2.27. The molecule has 224 valence electrons. The highest BCUT2D eigenvalue weighted by Crippen LogP contribution is 2.45. The average molecular weight is 652 g/mol. The summed E-state index contributed by atoms with van der Waals surface area (Å²) in [6.45, 7) is 2.39. The number of carbonyl (C=O) groups excluding carboxylic acids is 1. The lowest BCUT2D eigenvalue weighted by Crippen LogP contribution is -2.21. The van der Waals surface area contributed by atoms with Gasteiger partial charge in [-0.15, -0.1) is 0 Å². The molecule has 0 radical (unpaired) electrons. The van der Waals surface area contributed by atoms with Gasteiger partial charge in [-0.2, -0.15) is 5.26 Å². The van der Waals surface area contributed by atoms with Gasteiger partial charge < -0.3 is 29.4 Å². The Morgan fingerprint density at radius 3 is 2.39 bits per heavy atom. The molecule has 4 aromatic carbocycles. The highest BCUT2D eigenvalue weighted by molar-refractivity contribution is 6.37. The van der Waals surface area contributed by atoms with E-state index in [9.17, 15) is 10.1 Å². The third-order valence-electron chi connectivity index (χ3n) is 6.79. The Hall–Kier alpha value is -4.55. The number of hydrogen-bond acceptors (Lipinski definition) is 8. The molecule has 0 amide bonds. The Morgan fingerprint density at radius 1 is 0.955 bits per heavy atom. The molecule has 1 aliphatic rings. The van der Waals surface area contributed by atoms with E-state index in [0.717, 1.165) is 5.56 Å². The molecular weight excluding hydrogens is 627 g/mol. The van der Waals surface area contributed by atoms with Gasteiger partial charge in [0.25, 0.3) is 0 Å². The number of nitrogens with zero attached hydrogens (tertiary/aromatic N) is 1. The van der Waals surface area contributed by atoms with Gasteiger partial charge in [-0.25, -0.2) is 4.79 Å². The van der Waals surface area contributed by atoms with E-state index in [2.05, 4.69) is 6.07 Å². The third kappa shape index (κ3) is 6.36. The van der Waals surface area contributed by atoms with Crippen LogP contribution in [0.2, 0.25) is 15.1 Å².